The van der Waals surface area contributed by atoms with Crippen molar-refractivity contribution >= 4 is 0 Å². The Morgan fingerprint density at radius 1 is 1.20 bits per heavy atom. The van der Waals surface area contributed by atoms with Crippen LogP contribution in [0.15, 0.2) is 0 Å². The van der Waals surface area contributed by atoms with E-state index < -0.39 is 0 Å². The quantitative estimate of drug-likeness (QED) is 0.597. The normalized spacial score (nSPS) is 39.3. The Bertz CT molecular complexity index is 108. The summed E-state index contributed by atoms with van der Waals surface area (Å²) in [5.41, 5.74) is 5.48. The highest BCUT2D eigenvalue weighted by molar-refractivity contribution is 4.89. The second kappa shape index (κ2) is 2.51. The van der Waals surface area contributed by atoms with Gasteiger partial charge in [-0.2, -0.15) is 0 Å². The maximum Gasteiger partial charge on any atom is 0.0105 e. The van der Waals surface area contributed by atoms with Crippen LogP contribution >= 0.6 is 0 Å². The van der Waals surface area contributed by atoms with Crippen molar-refractivity contribution in [1.29, 1.82) is 0 Å². The van der Waals surface area contributed by atoms with Gasteiger partial charge in [-0.15, -0.1) is 0 Å². The lowest BCUT2D eigenvalue weighted by Gasteiger charge is -2.47. The predicted molar refractivity (Wildman–Crippen MR) is 41.7 cm³/mol. The number of rotatable bonds is 2. The van der Waals surface area contributed by atoms with Gasteiger partial charge >= 0.3 is 0 Å². The summed E-state index contributed by atoms with van der Waals surface area (Å²) in [6.45, 7) is 4.61. The molecule has 0 spiro atoms. The number of piperidine rings is 2. The van der Waals surface area contributed by atoms with Crippen molar-refractivity contribution in [2.75, 3.05) is 26.2 Å². The minimum atomic E-state index is 0.833. The molecule has 0 radical (unpaired) electrons. The molecule has 10 heavy (non-hydrogen) atoms. The lowest BCUT2D eigenvalue weighted by molar-refractivity contribution is 0.0296. The molecule has 0 aromatic rings. The number of nitrogens with two attached hydrogens (primary N) is 1. The molecule has 2 N–H and O–H groups in total. The Hall–Kier alpha value is -0.0800. The first-order valence-corrected chi connectivity index (χ1v) is 4.31. The summed E-state index contributed by atoms with van der Waals surface area (Å²) in [6, 6.07) is 0. The van der Waals surface area contributed by atoms with Crippen LogP contribution in [0.5, 0.6) is 0 Å². The Morgan fingerprint density at radius 3 is 2.30 bits per heavy atom. The molecule has 0 amide bonds. The fourth-order valence-electron chi connectivity index (χ4n) is 2.34. The highest BCUT2D eigenvalue weighted by Gasteiger charge is 2.36. The highest BCUT2D eigenvalue weighted by atomic mass is 15.2. The maximum atomic E-state index is 5.48. The number of hydrogen-bond acceptors (Lipinski definition) is 2. The van der Waals surface area contributed by atoms with Crippen LogP contribution in [-0.4, -0.2) is 31.1 Å². The molecular weight excluding hydrogens is 124 g/mol. The lowest BCUT2D eigenvalue weighted by Crippen LogP contribution is -2.49. The SMILES string of the molecule is NCCN1CC2CC(C2)C1. The van der Waals surface area contributed by atoms with Crippen LogP contribution in [-0.2, 0) is 0 Å². The van der Waals surface area contributed by atoms with Gasteiger partial charge in [0.15, 0.2) is 0 Å². The summed E-state index contributed by atoms with van der Waals surface area (Å²) in [4.78, 5) is 2.52. The summed E-state index contributed by atoms with van der Waals surface area (Å²) < 4.78 is 0. The van der Waals surface area contributed by atoms with Gasteiger partial charge in [-0.3, -0.25) is 0 Å². The summed E-state index contributed by atoms with van der Waals surface area (Å²) in [6.07, 6.45) is 3.00. The smallest absolute Gasteiger partial charge is 0.0105 e. The van der Waals surface area contributed by atoms with Crippen molar-refractivity contribution in [1.82, 2.24) is 4.90 Å². The summed E-state index contributed by atoms with van der Waals surface area (Å²) >= 11 is 0. The molecule has 2 heteroatoms. The fraction of sp³-hybridized carbons (Fsp3) is 1.00. The average Bonchev–Trinajstić information content (AvgIpc) is 1.87. The molecule has 2 bridgehead atoms. The molecule has 3 aliphatic rings. The average molecular weight is 140 g/mol. The number of fused-ring (bicyclic) bond motifs is 2. The van der Waals surface area contributed by atoms with Gasteiger partial charge in [0.25, 0.3) is 0 Å². The van der Waals surface area contributed by atoms with Crippen LogP contribution in [0.3, 0.4) is 0 Å². The molecule has 2 aliphatic heterocycles. The van der Waals surface area contributed by atoms with E-state index in [1.807, 2.05) is 0 Å². The van der Waals surface area contributed by atoms with E-state index >= 15 is 0 Å². The van der Waals surface area contributed by atoms with E-state index in [2.05, 4.69) is 4.90 Å². The van der Waals surface area contributed by atoms with Crippen molar-refractivity contribution in [2.45, 2.75) is 12.8 Å². The van der Waals surface area contributed by atoms with Crippen molar-refractivity contribution in [3.05, 3.63) is 0 Å². The summed E-state index contributed by atoms with van der Waals surface area (Å²) in [5, 5.41) is 0. The van der Waals surface area contributed by atoms with E-state index in [0.29, 0.717) is 0 Å². The molecule has 2 nitrogen and oxygen atoms in total. The molecule has 1 aliphatic carbocycles. The monoisotopic (exact) mass is 140 g/mol. The van der Waals surface area contributed by atoms with Gasteiger partial charge in [0, 0.05) is 26.2 Å². The topological polar surface area (TPSA) is 29.3 Å². The zero-order chi connectivity index (χ0) is 6.97. The lowest BCUT2D eigenvalue weighted by atomic mass is 9.71. The molecule has 0 atom stereocenters. The van der Waals surface area contributed by atoms with Gasteiger partial charge in [0.1, 0.15) is 0 Å². The standard InChI is InChI=1S/C8H16N2/c9-1-2-10-5-7-3-8(4-7)6-10/h7-8H,1-6,9H2. The number of nitrogens with zero attached hydrogens (tertiary/aromatic N) is 1. The molecule has 58 valence electrons. The zero-order valence-electron chi connectivity index (χ0n) is 6.42. The first-order valence-electron chi connectivity index (χ1n) is 4.31. The van der Waals surface area contributed by atoms with Gasteiger partial charge < -0.3 is 10.6 Å². The molecule has 2 saturated heterocycles. The van der Waals surface area contributed by atoms with Gasteiger partial charge in [-0.1, -0.05) is 0 Å². The largest absolute Gasteiger partial charge is 0.329 e. The Kier molecular flexibility index (Phi) is 1.66. The molecule has 3 rings (SSSR count). The van der Waals surface area contributed by atoms with Crippen LogP contribution in [0.1, 0.15) is 12.8 Å². The van der Waals surface area contributed by atoms with E-state index in [1.54, 1.807) is 0 Å². The van der Waals surface area contributed by atoms with Gasteiger partial charge in [-0.25, -0.2) is 0 Å². The third kappa shape index (κ3) is 1.06. The molecule has 1 saturated carbocycles. The van der Waals surface area contributed by atoms with E-state index in [4.69, 9.17) is 5.73 Å². The second-order valence-electron chi connectivity index (χ2n) is 3.75. The summed E-state index contributed by atoms with van der Waals surface area (Å²) in [7, 11) is 0. The first kappa shape index (κ1) is 6.62. The Balaban J connectivity index is 1.80. The molecular formula is C8H16N2. The minimum absolute atomic E-state index is 0.833. The van der Waals surface area contributed by atoms with Gasteiger partial charge in [0.2, 0.25) is 0 Å². The van der Waals surface area contributed by atoms with Crippen LogP contribution < -0.4 is 5.73 Å². The minimum Gasteiger partial charge on any atom is -0.329 e. The van der Waals surface area contributed by atoms with Crippen LogP contribution in [0.4, 0.5) is 0 Å². The number of hydrogen-bond donors (Lipinski definition) is 1. The van der Waals surface area contributed by atoms with Gasteiger partial charge in [0.05, 0.1) is 0 Å². The van der Waals surface area contributed by atoms with Crippen molar-refractivity contribution in [3.8, 4) is 0 Å². The van der Waals surface area contributed by atoms with E-state index in [1.165, 1.54) is 25.9 Å². The van der Waals surface area contributed by atoms with Crippen molar-refractivity contribution in [2.24, 2.45) is 17.6 Å². The summed E-state index contributed by atoms with van der Waals surface area (Å²) in [5.74, 6) is 2.07. The molecule has 3 fully saturated rings. The molecule has 0 aromatic carbocycles. The molecule has 0 unspecified atom stereocenters. The van der Waals surface area contributed by atoms with Crippen LogP contribution in [0, 0.1) is 11.8 Å². The first-order chi connectivity index (χ1) is 4.88. The van der Waals surface area contributed by atoms with Crippen LogP contribution in [0.2, 0.25) is 0 Å². The van der Waals surface area contributed by atoms with Crippen LogP contribution in [0.25, 0.3) is 0 Å². The van der Waals surface area contributed by atoms with E-state index in [0.717, 1.165) is 24.9 Å². The van der Waals surface area contributed by atoms with E-state index in [9.17, 15) is 0 Å². The zero-order valence-corrected chi connectivity index (χ0v) is 6.42. The van der Waals surface area contributed by atoms with E-state index in [-0.39, 0.29) is 0 Å². The maximum absolute atomic E-state index is 5.48. The van der Waals surface area contributed by atoms with Gasteiger partial charge in [-0.05, 0) is 24.7 Å². The highest BCUT2D eigenvalue weighted by Crippen LogP contribution is 2.38. The Labute approximate surface area is 62.4 Å². The second-order valence-corrected chi connectivity index (χ2v) is 3.75. The Morgan fingerprint density at radius 2 is 1.80 bits per heavy atom. The van der Waals surface area contributed by atoms with Crippen molar-refractivity contribution in [3.63, 3.8) is 0 Å². The predicted octanol–water partition coefficient (Wildman–Crippen LogP) is 0.287. The molecule has 0 aromatic heterocycles. The van der Waals surface area contributed by atoms with Crippen molar-refractivity contribution < 1.29 is 0 Å². The third-order valence-electron chi connectivity index (χ3n) is 2.81. The third-order valence-corrected chi connectivity index (χ3v) is 2.81. The molecule has 2 heterocycles. The fourth-order valence-corrected chi connectivity index (χ4v) is 2.34.